The Labute approximate surface area is 459 Å². The van der Waals surface area contributed by atoms with Crippen molar-refractivity contribution in [2.45, 2.75) is 158 Å². The van der Waals surface area contributed by atoms with Crippen molar-refractivity contribution in [1.82, 2.24) is 19.9 Å². The van der Waals surface area contributed by atoms with Gasteiger partial charge in [-0.05, 0) is 161 Å². The van der Waals surface area contributed by atoms with Crippen molar-refractivity contribution in [2.75, 3.05) is 0 Å². The Balaban J connectivity index is 0.000000241. The van der Waals surface area contributed by atoms with Gasteiger partial charge in [-0.3, -0.25) is 9.97 Å². The van der Waals surface area contributed by atoms with Crippen molar-refractivity contribution in [3.63, 3.8) is 0 Å². The van der Waals surface area contributed by atoms with Gasteiger partial charge in [-0.1, -0.05) is 231 Å². The van der Waals surface area contributed by atoms with Crippen LogP contribution in [0.25, 0.3) is 44.5 Å². The topological polar surface area (TPSA) is 78.7 Å². The molecule has 8 rings (SSSR count). The molecule has 6 nitrogen and oxygen atoms in total. The summed E-state index contributed by atoms with van der Waals surface area (Å²) in [6.07, 6.45) is 7.46. The van der Waals surface area contributed by atoms with Gasteiger partial charge in [-0.2, -0.15) is 0 Å². The number of nitrogens with zero attached hydrogens (tertiary/aromatic N) is 6. The number of pyridine rings is 4. The molecular formula is C68H80N6Ni. The summed E-state index contributed by atoms with van der Waals surface area (Å²) in [4.78, 5) is 28.2. The van der Waals surface area contributed by atoms with E-state index in [1.807, 2.05) is 24.8 Å². The van der Waals surface area contributed by atoms with Gasteiger partial charge >= 0.3 is 16.5 Å². The summed E-state index contributed by atoms with van der Waals surface area (Å²) >= 11 is 0. The maximum atomic E-state index is 4.89. The van der Waals surface area contributed by atoms with Crippen LogP contribution in [0, 0.1) is 0 Å². The second-order valence-electron chi connectivity index (χ2n) is 22.3. The average molecular weight is 1040 g/mol. The van der Waals surface area contributed by atoms with Gasteiger partial charge in [-0.25, -0.2) is 0 Å². The zero-order valence-electron chi connectivity index (χ0n) is 47.5. The van der Waals surface area contributed by atoms with E-state index in [1.54, 1.807) is 0 Å². The van der Waals surface area contributed by atoms with Crippen LogP contribution in [0.1, 0.15) is 203 Å². The van der Waals surface area contributed by atoms with Crippen LogP contribution in [-0.4, -0.2) is 9.97 Å². The third kappa shape index (κ3) is 13.7. The van der Waals surface area contributed by atoms with Crippen LogP contribution in [0.15, 0.2) is 156 Å². The molecule has 7 heteroatoms. The van der Waals surface area contributed by atoms with Crippen LogP contribution in [0.2, 0.25) is 0 Å². The Bertz CT molecular complexity index is 3000. The van der Waals surface area contributed by atoms with Crippen LogP contribution < -0.4 is 20.9 Å². The van der Waals surface area contributed by atoms with Crippen LogP contribution in [0.3, 0.4) is 0 Å². The zero-order chi connectivity index (χ0) is 53.4. The number of aromatic nitrogens is 4. The molecule has 0 radical (unpaired) electrons. The summed E-state index contributed by atoms with van der Waals surface area (Å²) in [5.74, 6) is 4.78. The summed E-state index contributed by atoms with van der Waals surface area (Å²) in [6.45, 7) is 36.1. The molecule has 0 saturated carbocycles. The van der Waals surface area contributed by atoms with Crippen LogP contribution in [-0.2, 0) is 16.5 Å². The van der Waals surface area contributed by atoms with E-state index in [0.717, 1.165) is 22.3 Å². The SMILES string of the molecule is CC(C)c1cccc(C(C)C)c1-c1ccnc(N=c2cc(-c3c(C(C)C)cccc3C(C)C)cc[n-]2)c1.CC(C)c1cccc(C(C)C)c1-c1ccnc(N=c2cc(-c3c(C(C)C)cccc3C(C)C)cc[n-]2)c1.[Ni+2]. The van der Waals surface area contributed by atoms with E-state index >= 15 is 0 Å². The molecule has 0 aliphatic heterocycles. The fraction of sp³-hybridized carbons (Fsp3) is 0.353. The Hall–Kier alpha value is -6.43. The van der Waals surface area contributed by atoms with Crippen LogP contribution >= 0.6 is 0 Å². The monoisotopic (exact) mass is 1040 g/mol. The summed E-state index contributed by atoms with van der Waals surface area (Å²) in [5.41, 5.74) is 22.1. The molecule has 0 N–H and O–H groups in total. The minimum Gasteiger partial charge on any atom is -0.443 e. The van der Waals surface area contributed by atoms with E-state index in [-0.39, 0.29) is 16.5 Å². The molecule has 4 aromatic heterocycles. The second-order valence-corrected chi connectivity index (χ2v) is 22.3. The van der Waals surface area contributed by atoms with Crippen molar-refractivity contribution < 1.29 is 16.5 Å². The first kappa shape index (κ1) is 57.8. The normalized spacial score (nSPS) is 12.2. The molecular weight excluding hydrogens is 959 g/mol. The van der Waals surface area contributed by atoms with Gasteiger partial charge in [0.1, 0.15) is 0 Å². The zero-order valence-corrected chi connectivity index (χ0v) is 48.5. The smallest absolute Gasteiger partial charge is 0.443 e. The Morgan fingerprint density at radius 3 is 0.760 bits per heavy atom. The number of hydrogen-bond acceptors (Lipinski definition) is 4. The van der Waals surface area contributed by atoms with Crippen LogP contribution in [0.4, 0.5) is 11.6 Å². The standard InChI is InChI=1S/2C34H40N3.Ni/c2*1-21(2)27-11-9-12-28(22(3)4)33(27)25-15-17-35-31(19-25)37-32-20-26(16-18-36-32)34-29(23(5)6)13-10-14-30(34)24(7)8;/h2*9-24H,1-8H3;/q2*-1;+2. The molecule has 8 aromatic rings. The third-order valence-electron chi connectivity index (χ3n) is 14.1. The van der Waals surface area contributed by atoms with E-state index in [4.69, 9.17) is 9.98 Å². The summed E-state index contributed by atoms with van der Waals surface area (Å²) in [6, 6.07) is 43.5. The minimum atomic E-state index is 0. The number of benzene rings is 4. The molecule has 0 aliphatic rings. The number of hydrogen-bond donors (Lipinski definition) is 0. The molecule has 75 heavy (non-hydrogen) atoms. The van der Waals surface area contributed by atoms with Crippen LogP contribution in [0.5, 0.6) is 0 Å². The van der Waals surface area contributed by atoms with E-state index in [0.29, 0.717) is 70.0 Å². The van der Waals surface area contributed by atoms with Gasteiger partial charge in [0.05, 0.1) is 11.6 Å². The largest absolute Gasteiger partial charge is 2.00 e. The molecule has 0 atom stereocenters. The third-order valence-corrected chi connectivity index (χ3v) is 14.1. The van der Waals surface area contributed by atoms with Gasteiger partial charge in [0.2, 0.25) is 0 Å². The Morgan fingerprint density at radius 1 is 0.307 bits per heavy atom. The van der Waals surface area contributed by atoms with Gasteiger partial charge in [0, 0.05) is 12.4 Å². The molecule has 4 aromatic carbocycles. The van der Waals surface area contributed by atoms with Crippen molar-refractivity contribution in [3.05, 3.63) is 202 Å². The van der Waals surface area contributed by atoms with E-state index < -0.39 is 0 Å². The minimum absolute atomic E-state index is 0. The first-order chi connectivity index (χ1) is 35.3. The molecule has 0 amide bonds. The Kier molecular flexibility index (Phi) is 20.0. The Morgan fingerprint density at radius 2 is 0.533 bits per heavy atom. The molecule has 0 spiro atoms. The maximum absolute atomic E-state index is 4.89. The van der Waals surface area contributed by atoms with Gasteiger partial charge in [-0.15, -0.1) is 0 Å². The summed E-state index contributed by atoms with van der Waals surface area (Å²) in [5, 5.41) is 0. The van der Waals surface area contributed by atoms with Gasteiger partial charge in [0.15, 0.2) is 0 Å². The molecule has 0 fully saturated rings. The van der Waals surface area contributed by atoms with Gasteiger partial charge in [0.25, 0.3) is 0 Å². The van der Waals surface area contributed by atoms with E-state index in [2.05, 4.69) is 252 Å². The van der Waals surface area contributed by atoms with Crippen molar-refractivity contribution in [3.8, 4) is 44.5 Å². The quantitative estimate of drug-likeness (QED) is 0.102. The summed E-state index contributed by atoms with van der Waals surface area (Å²) < 4.78 is 0. The van der Waals surface area contributed by atoms with Crippen molar-refractivity contribution >= 4 is 11.6 Å². The fourth-order valence-corrected chi connectivity index (χ4v) is 10.3. The molecule has 0 saturated heterocycles. The molecule has 4 heterocycles. The molecule has 0 aliphatic carbocycles. The van der Waals surface area contributed by atoms with E-state index in [9.17, 15) is 0 Å². The molecule has 0 unspecified atom stereocenters. The first-order valence-electron chi connectivity index (χ1n) is 27.1. The maximum Gasteiger partial charge on any atom is 2.00 e. The van der Waals surface area contributed by atoms with Crippen molar-refractivity contribution in [1.29, 1.82) is 0 Å². The summed E-state index contributed by atoms with van der Waals surface area (Å²) in [7, 11) is 0. The molecule has 392 valence electrons. The predicted molar refractivity (Wildman–Crippen MR) is 313 cm³/mol. The second kappa shape index (κ2) is 25.9. The van der Waals surface area contributed by atoms with Crippen molar-refractivity contribution in [2.24, 2.45) is 9.98 Å². The number of rotatable bonds is 14. The van der Waals surface area contributed by atoms with E-state index in [1.165, 1.54) is 66.8 Å². The molecule has 0 bridgehead atoms. The average Bonchev–Trinajstić information content (AvgIpc) is 3.38. The van der Waals surface area contributed by atoms with Gasteiger partial charge < -0.3 is 20.0 Å². The fourth-order valence-electron chi connectivity index (χ4n) is 10.3. The predicted octanol–water partition coefficient (Wildman–Crippen LogP) is 18.2. The first-order valence-corrected chi connectivity index (χ1v) is 27.1.